The number of amides is 2. The van der Waals surface area contributed by atoms with Crippen molar-refractivity contribution in [1.29, 1.82) is 0 Å². The Hall–Kier alpha value is -3.86. The minimum Gasteiger partial charge on any atom is -0.453 e. The molecule has 5 nitrogen and oxygen atoms in total. The van der Waals surface area contributed by atoms with E-state index >= 15 is 0 Å². The van der Waals surface area contributed by atoms with Crippen molar-refractivity contribution in [2.24, 2.45) is 0 Å². The third-order valence-electron chi connectivity index (χ3n) is 5.54. The van der Waals surface area contributed by atoms with Crippen molar-refractivity contribution in [2.45, 2.75) is 6.42 Å². The van der Waals surface area contributed by atoms with Crippen molar-refractivity contribution in [2.75, 3.05) is 25.6 Å². The Morgan fingerprint density at radius 2 is 1.52 bits per heavy atom. The maximum Gasteiger partial charge on any atom is 0.407 e. The fourth-order valence-corrected chi connectivity index (χ4v) is 3.92. The predicted molar refractivity (Wildman–Crippen MR) is 123 cm³/mol. The predicted octanol–water partition coefficient (Wildman–Crippen LogP) is 4.68. The first-order valence-corrected chi connectivity index (χ1v) is 10.1. The number of anilines is 1. The van der Waals surface area contributed by atoms with Gasteiger partial charge in [0.05, 0.1) is 7.11 Å². The standard InChI is InChI=1S/C26H24N2O3/c1-28-23-11-7-6-10-21(23)16-22(17-27-26(30)31-2)24(25(28)29)20-14-12-19(13-15-20)18-8-4-3-5-9-18/h3-15H,16-17H2,1-2H3,(H,27,30). The van der Waals surface area contributed by atoms with Crippen LogP contribution in [0.25, 0.3) is 16.7 Å². The van der Waals surface area contributed by atoms with Crippen molar-refractivity contribution in [1.82, 2.24) is 5.32 Å². The molecule has 1 aliphatic heterocycles. The Morgan fingerprint density at radius 3 is 2.23 bits per heavy atom. The second-order valence-electron chi connectivity index (χ2n) is 7.44. The SMILES string of the molecule is COC(=O)NCC1=C(c2ccc(-c3ccccc3)cc2)C(=O)N(C)c2ccccc2C1. The Morgan fingerprint density at radius 1 is 0.903 bits per heavy atom. The number of carbonyl (C=O) groups excluding carboxylic acids is 2. The quantitative estimate of drug-likeness (QED) is 0.677. The molecule has 3 aromatic rings. The summed E-state index contributed by atoms with van der Waals surface area (Å²) >= 11 is 0. The molecule has 156 valence electrons. The van der Waals surface area contributed by atoms with E-state index in [9.17, 15) is 9.59 Å². The first-order valence-electron chi connectivity index (χ1n) is 10.1. The van der Waals surface area contributed by atoms with Crippen LogP contribution in [0.15, 0.2) is 84.4 Å². The number of para-hydroxylation sites is 1. The van der Waals surface area contributed by atoms with Crippen LogP contribution in [0.1, 0.15) is 11.1 Å². The van der Waals surface area contributed by atoms with Crippen LogP contribution in [0, 0.1) is 0 Å². The summed E-state index contributed by atoms with van der Waals surface area (Å²) in [6.45, 7) is 0.232. The number of ether oxygens (including phenoxy) is 1. The molecule has 4 rings (SSSR count). The Bertz CT molecular complexity index is 1130. The fraction of sp³-hybridized carbons (Fsp3) is 0.154. The van der Waals surface area contributed by atoms with Gasteiger partial charge in [-0.3, -0.25) is 4.79 Å². The van der Waals surface area contributed by atoms with Gasteiger partial charge >= 0.3 is 6.09 Å². The third-order valence-corrected chi connectivity index (χ3v) is 5.54. The number of nitrogens with zero attached hydrogens (tertiary/aromatic N) is 1. The van der Waals surface area contributed by atoms with Gasteiger partial charge in [0.2, 0.25) is 0 Å². The van der Waals surface area contributed by atoms with Gasteiger partial charge in [-0.2, -0.15) is 0 Å². The smallest absolute Gasteiger partial charge is 0.407 e. The summed E-state index contributed by atoms with van der Waals surface area (Å²) in [7, 11) is 3.12. The number of methoxy groups -OCH3 is 1. The summed E-state index contributed by atoms with van der Waals surface area (Å²) in [4.78, 5) is 26.9. The number of hydrogen-bond acceptors (Lipinski definition) is 3. The summed E-state index contributed by atoms with van der Waals surface area (Å²) in [5.74, 6) is -0.0981. The van der Waals surface area contributed by atoms with Crippen molar-refractivity contribution in [3.63, 3.8) is 0 Å². The maximum absolute atomic E-state index is 13.5. The largest absolute Gasteiger partial charge is 0.453 e. The van der Waals surface area contributed by atoms with E-state index in [1.54, 1.807) is 11.9 Å². The third kappa shape index (κ3) is 4.21. The molecular formula is C26H24N2O3. The molecule has 1 heterocycles. The molecular weight excluding hydrogens is 388 g/mol. The van der Waals surface area contributed by atoms with E-state index in [2.05, 4.69) is 17.4 Å². The monoisotopic (exact) mass is 412 g/mol. The van der Waals surface area contributed by atoms with E-state index in [-0.39, 0.29) is 12.5 Å². The number of rotatable bonds is 4. The van der Waals surface area contributed by atoms with Gasteiger partial charge in [0.25, 0.3) is 5.91 Å². The van der Waals surface area contributed by atoms with Crippen molar-refractivity contribution in [3.8, 4) is 11.1 Å². The van der Waals surface area contributed by atoms with Crippen LogP contribution in [0.3, 0.4) is 0 Å². The summed E-state index contributed by atoms with van der Waals surface area (Å²) in [6, 6.07) is 25.9. The number of carbonyl (C=O) groups is 2. The summed E-state index contributed by atoms with van der Waals surface area (Å²) in [5.41, 5.74) is 6.39. The second kappa shape index (κ2) is 8.88. The lowest BCUT2D eigenvalue weighted by atomic mass is 9.94. The number of fused-ring (bicyclic) bond motifs is 1. The van der Waals surface area contributed by atoms with E-state index in [0.717, 1.165) is 33.5 Å². The molecule has 0 aliphatic carbocycles. The van der Waals surface area contributed by atoms with E-state index in [0.29, 0.717) is 12.0 Å². The van der Waals surface area contributed by atoms with Gasteiger partial charge in [0.1, 0.15) is 0 Å². The van der Waals surface area contributed by atoms with Gasteiger partial charge in [-0.1, -0.05) is 72.8 Å². The molecule has 1 aliphatic rings. The number of alkyl carbamates (subject to hydrolysis) is 1. The molecule has 0 bridgehead atoms. The molecule has 1 N–H and O–H groups in total. The lowest BCUT2D eigenvalue weighted by Crippen LogP contribution is -2.29. The number of hydrogen-bond donors (Lipinski definition) is 1. The van der Waals surface area contributed by atoms with E-state index < -0.39 is 6.09 Å². The molecule has 0 fully saturated rings. The molecule has 0 spiro atoms. The molecule has 5 heteroatoms. The zero-order valence-electron chi connectivity index (χ0n) is 17.6. The zero-order valence-corrected chi connectivity index (χ0v) is 17.6. The molecule has 31 heavy (non-hydrogen) atoms. The first-order chi connectivity index (χ1) is 15.1. The van der Waals surface area contributed by atoms with Gasteiger partial charge in [0, 0.05) is 24.9 Å². The van der Waals surface area contributed by atoms with Crippen molar-refractivity contribution >= 4 is 23.3 Å². The Labute approximate surface area is 182 Å². The summed E-state index contributed by atoms with van der Waals surface area (Å²) < 4.78 is 4.73. The van der Waals surface area contributed by atoms with Crippen LogP contribution in [0.5, 0.6) is 0 Å². The number of nitrogens with one attached hydrogen (secondary N) is 1. The van der Waals surface area contributed by atoms with Gasteiger partial charge in [-0.15, -0.1) is 0 Å². The highest BCUT2D eigenvalue weighted by atomic mass is 16.5. The van der Waals surface area contributed by atoms with Crippen LogP contribution in [0.2, 0.25) is 0 Å². The molecule has 0 saturated heterocycles. The minimum absolute atomic E-state index is 0.0981. The molecule has 0 aromatic heterocycles. The van der Waals surface area contributed by atoms with Crippen LogP contribution < -0.4 is 10.2 Å². The molecule has 0 radical (unpaired) electrons. The normalized spacial score (nSPS) is 13.5. The molecule has 0 atom stereocenters. The number of benzene rings is 3. The highest BCUT2D eigenvalue weighted by molar-refractivity contribution is 6.27. The molecule has 3 aromatic carbocycles. The van der Waals surface area contributed by atoms with Gasteiger partial charge in [-0.25, -0.2) is 4.79 Å². The van der Waals surface area contributed by atoms with Crippen LogP contribution in [0.4, 0.5) is 10.5 Å². The van der Waals surface area contributed by atoms with Gasteiger partial charge in [0.15, 0.2) is 0 Å². The van der Waals surface area contributed by atoms with E-state index in [4.69, 9.17) is 4.74 Å². The van der Waals surface area contributed by atoms with E-state index in [1.165, 1.54) is 7.11 Å². The second-order valence-corrected chi connectivity index (χ2v) is 7.44. The molecule has 2 amide bonds. The van der Waals surface area contributed by atoms with Crippen molar-refractivity contribution in [3.05, 3.63) is 95.6 Å². The summed E-state index contributed by atoms with van der Waals surface area (Å²) in [5, 5.41) is 2.74. The van der Waals surface area contributed by atoms with Crippen molar-refractivity contribution < 1.29 is 14.3 Å². The lowest BCUT2D eigenvalue weighted by Gasteiger charge is -2.19. The number of likely N-dealkylation sites (N-methyl/N-ethyl adjacent to an activating group) is 1. The highest BCUT2D eigenvalue weighted by Gasteiger charge is 2.27. The Balaban J connectivity index is 1.77. The lowest BCUT2D eigenvalue weighted by molar-refractivity contribution is -0.113. The zero-order chi connectivity index (χ0) is 21.8. The van der Waals surface area contributed by atoms with Crippen LogP contribution >= 0.6 is 0 Å². The highest BCUT2D eigenvalue weighted by Crippen LogP contribution is 2.33. The molecule has 0 saturated carbocycles. The Kier molecular flexibility index (Phi) is 5.85. The van der Waals surface area contributed by atoms with Gasteiger partial charge < -0.3 is 15.0 Å². The fourth-order valence-electron chi connectivity index (χ4n) is 3.92. The minimum atomic E-state index is -0.524. The first kappa shape index (κ1) is 20.4. The molecule has 0 unspecified atom stereocenters. The van der Waals surface area contributed by atoms with Gasteiger partial charge in [-0.05, 0) is 40.3 Å². The van der Waals surface area contributed by atoms with Crippen LogP contribution in [-0.4, -0.2) is 32.7 Å². The average Bonchev–Trinajstić information content (AvgIpc) is 2.92. The maximum atomic E-state index is 13.5. The van der Waals surface area contributed by atoms with Crippen LogP contribution in [-0.2, 0) is 16.0 Å². The van der Waals surface area contributed by atoms with E-state index in [1.807, 2.05) is 66.7 Å². The topological polar surface area (TPSA) is 58.6 Å². The summed E-state index contributed by atoms with van der Waals surface area (Å²) in [6.07, 6.45) is 0.0380. The average molecular weight is 412 g/mol.